The Labute approximate surface area is 168 Å². The Morgan fingerprint density at radius 1 is 1.14 bits per heavy atom. The van der Waals surface area contributed by atoms with Gasteiger partial charge in [-0.15, -0.1) is 0 Å². The standard InChI is InChI=1S/C18H12ClN3O5S/c19-12-3-1-11(2-4-12)9-15-17(24)21(18(25)28-15)10-16(23)20-13-5-7-14(8-6-13)22(26)27/h1-9H,10H2,(H,20,23)/b15-9-. The molecule has 3 rings (SSSR count). The third-order valence-electron chi connectivity index (χ3n) is 3.70. The number of carbonyl (C=O) groups is 3. The van der Waals surface area contributed by atoms with Gasteiger partial charge in [-0.25, -0.2) is 0 Å². The zero-order valence-corrected chi connectivity index (χ0v) is 15.7. The van der Waals surface area contributed by atoms with E-state index in [1.54, 1.807) is 30.3 Å². The second-order valence-corrected chi connectivity index (χ2v) is 7.10. The topological polar surface area (TPSA) is 110 Å². The molecule has 8 nitrogen and oxygen atoms in total. The Hall–Kier alpha value is -3.17. The number of halogens is 1. The minimum atomic E-state index is -0.594. The number of anilines is 1. The summed E-state index contributed by atoms with van der Waals surface area (Å²) < 4.78 is 0. The van der Waals surface area contributed by atoms with Gasteiger partial charge >= 0.3 is 0 Å². The molecule has 1 aliphatic heterocycles. The molecule has 1 N–H and O–H groups in total. The molecule has 0 bridgehead atoms. The number of amides is 3. The smallest absolute Gasteiger partial charge is 0.294 e. The van der Waals surface area contributed by atoms with E-state index >= 15 is 0 Å². The van der Waals surface area contributed by atoms with E-state index in [-0.39, 0.29) is 10.6 Å². The molecular formula is C18H12ClN3O5S. The zero-order valence-electron chi connectivity index (χ0n) is 14.1. The van der Waals surface area contributed by atoms with Gasteiger partial charge in [0.05, 0.1) is 9.83 Å². The summed E-state index contributed by atoms with van der Waals surface area (Å²) >= 11 is 6.56. The highest BCUT2D eigenvalue weighted by molar-refractivity contribution is 8.18. The van der Waals surface area contributed by atoms with E-state index in [4.69, 9.17) is 11.6 Å². The van der Waals surface area contributed by atoms with Gasteiger partial charge in [0, 0.05) is 22.8 Å². The first kappa shape index (κ1) is 19.6. The third kappa shape index (κ3) is 4.56. The SMILES string of the molecule is O=C(CN1C(=O)S/C(=C\c2ccc(Cl)cc2)C1=O)Nc1ccc([N+](=O)[O-])cc1. The summed E-state index contributed by atoms with van der Waals surface area (Å²) in [7, 11) is 0. The number of rotatable bonds is 5. The van der Waals surface area contributed by atoms with Crippen molar-refractivity contribution < 1.29 is 19.3 Å². The van der Waals surface area contributed by atoms with Crippen molar-refractivity contribution in [1.82, 2.24) is 4.90 Å². The highest BCUT2D eigenvalue weighted by Gasteiger charge is 2.36. The third-order valence-corrected chi connectivity index (χ3v) is 4.86. The van der Waals surface area contributed by atoms with E-state index < -0.39 is 28.5 Å². The Balaban J connectivity index is 1.65. The van der Waals surface area contributed by atoms with E-state index in [9.17, 15) is 24.5 Å². The summed E-state index contributed by atoms with van der Waals surface area (Å²) in [6, 6.07) is 11.9. The van der Waals surface area contributed by atoms with Crippen LogP contribution >= 0.6 is 23.4 Å². The van der Waals surface area contributed by atoms with Crippen molar-refractivity contribution >= 4 is 57.9 Å². The van der Waals surface area contributed by atoms with E-state index in [1.807, 2.05) is 0 Å². The highest BCUT2D eigenvalue weighted by atomic mass is 35.5. The van der Waals surface area contributed by atoms with Gasteiger partial charge in [-0.05, 0) is 47.7 Å². The summed E-state index contributed by atoms with van der Waals surface area (Å²) in [5.41, 5.74) is 0.904. The number of nitro groups is 1. The number of benzene rings is 2. The number of non-ortho nitro benzene ring substituents is 1. The number of hydrogen-bond donors (Lipinski definition) is 1. The summed E-state index contributed by atoms with van der Waals surface area (Å²) in [5.74, 6) is -1.16. The van der Waals surface area contributed by atoms with Gasteiger partial charge in [0.1, 0.15) is 6.54 Å². The molecule has 1 heterocycles. The second kappa shape index (κ2) is 8.24. The molecule has 0 atom stereocenters. The van der Waals surface area contributed by atoms with Crippen molar-refractivity contribution in [3.63, 3.8) is 0 Å². The van der Waals surface area contributed by atoms with Crippen LogP contribution in [0.4, 0.5) is 16.2 Å². The molecule has 1 aliphatic rings. The minimum absolute atomic E-state index is 0.115. The summed E-state index contributed by atoms with van der Waals surface area (Å²) in [4.78, 5) is 47.8. The van der Waals surface area contributed by atoms with E-state index in [0.29, 0.717) is 16.3 Å². The van der Waals surface area contributed by atoms with E-state index in [0.717, 1.165) is 16.7 Å². The van der Waals surface area contributed by atoms with Crippen molar-refractivity contribution in [3.8, 4) is 0 Å². The molecule has 10 heteroatoms. The first-order valence-corrected chi connectivity index (χ1v) is 9.08. The van der Waals surface area contributed by atoms with Gasteiger partial charge < -0.3 is 5.32 Å². The number of carbonyl (C=O) groups excluding carboxylic acids is 3. The van der Waals surface area contributed by atoms with Gasteiger partial charge in [-0.1, -0.05) is 23.7 Å². The quantitative estimate of drug-likeness (QED) is 0.448. The highest BCUT2D eigenvalue weighted by Crippen LogP contribution is 2.32. The van der Waals surface area contributed by atoms with Crippen LogP contribution in [0, 0.1) is 10.1 Å². The minimum Gasteiger partial charge on any atom is -0.325 e. The predicted octanol–water partition coefficient (Wildman–Crippen LogP) is 3.92. The lowest BCUT2D eigenvalue weighted by molar-refractivity contribution is -0.384. The van der Waals surface area contributed by atoms with Crippen LogP contribution in [0.3, 0.4) is 0 Å². The lowest BCUT2D eigenvalue weighted by Gasteiger charge is -2.12. The number of nitrogens with one attached hydrogen (secondary N) is 1. The fraction of sp³-hybridized carbons (Fsp3) is 0.0556. The van der Waals surface area contributed by atoms with Crippen LogP contribution in [0.2, 0.25) is 5.02 Å². The van der Waals surface area contributed by atoms with Gasteiger partial charge in [-0.2, -0.15) is 0 Å². The molecule has 1 fully saturated rings. The molecule has 2 aromatic rings. The Morgan fingerprint density at radius 2 is 1.79 bits per heavy atom. The van der Waals surface area contributed by atoms with Crippen LogP contribution in [-0.4, -0.2) is 33.4 Å². The average Bonchev–Trinajstić information content (AvgIpc) is 2.91. The molecule has 3 amide bonds. The normalized spacial score (nSPS) is 15.2. The maximum atomic E-state index is 12.4. The second-order valence-electron chi connectivity index (χ2n) is 5.67. The average molecular weight is 418 g/mol. The molecule has 0 aromatic heterocycles. The van der Waals surface area contributed by atoms with Crippen molar-refractivity contribution in [3.05, 3.63) is 74.1 Å². The number of imide groups is 1. The summed E-state index contributed by atoms with van der Waals surface area (Å²) in [5, 5.41) is 13.1. The molecule has 0 aliphatic carbocycles. The number of thioether (sulfide) groups is 1. The van der Waals surface area contributed by atoms with Crippen LogP contribution in [-0.2, 0) is 9.59 Å². The Morgan fingerprint density at radius 3 is 2.39 bits per heavy atom. The molecule has 0 radical (unpaired) electrons. The Kier molecular flexibility index (Phi) is 5.76. The number of nitrogens with zero attached hydrogens (tertiary/aromatic N) is 2. The predicted molar refractivity (Wildman–Crippen MR) is 106 cm³/mol. The Bertz CT molecular complexity index is 989. The largest absolute Gasteiger partial charge is 0.325 e. The molecule has 28 heavy (non-hydrogen) atoms. The van der Waals surface area contributed by atoms with Gasteiger partial charge in [0.25, 0.3) is 16.8 Å². The van der Waals surface area contributed by atoms with Gasteiger partial charge in [0.15, 0.2) is 0 Å². The molecule has 0 saturated carbocycles. The zero-order chi connectivity index (χ0) is 20.3. The molecule has 2 aromatic carbocycles. The molecule has 0 spiro atoms. The number of nitro benzene ring substituents is 1. The van der Waals surface area contributed by atoms with E-state index in [2.05, 4.69) is 5.32 Å². The lowest BCUT2D eigenvalue weighted by Crippen LogP contribution is -2.36. The molecular weight excluding hydrogens is 406 g/mol. The van der Waals surface area contributed by atoms with Crippen molar-refractivity contribution in [2.75, 3.05) is 11.9 Å². The van der Waals surface area contributed by atoms with Crippen LogP contribution in [0.15, 0.2) is 53.4 Å². The lowest BCUT2D eigenvalue weighted by atomic mass is 10.2. The van der Waals surface area contributed by atoms with Gasteiger partial charge in [-0.3, -0.25) is 29.4 Å². The first-order valence-electron chi connectivity index (χ1n) is 7.89. The van der Waals surface area contributed by atoms with E-state index in [1.165, 1.54) is 24.3 Å². The monoisotopic (exact) mass is 417 g/mol. The maximum Gasteiger partial charge on any atom is 0.294 e. The molecule has 0 unspecified atom stereocenters. The fourth-order valence-electron chi connectivity index (χ4n) is 2.36. The summed E-state index contributed by atoms with van der Waals surface area (Å²) in [6.07, 6.45) is 1.55. The van der Waals surface area contributed by atoms with Crippen molar-refractivity contribution in [2.45, 2.75) is 0 Å². The molecule has 142 valence electrons. The van der Waals surface area contributed by atoms with Crippen molar-refractivity contribution in [2.24, 2.45) is 0 Å². The van der Waals surface area contributed by atoms with Crippen LogP contribution in [0.1, 0.15) is 5.56 Å². The maximum absolute atomic E-state index is 12.4. The van der Waals surface area contributed by atoms with Crippen LogP contribution < -0.4 is 5.32 Å². The van der Waals surface area contributed by atoms with Crippen LogP contribution in [0.5, 0.6) is 0 Å². The van der Waals surface area contributed by atoms with Crippen LogP contribution in [0.25, 0.3) is 6.08 Å². The number of hydrogen-bond acceptors (Lipinski definition) is 6. The van der Waals surface area contributed by atoms with Gasteiger partial charge in [0.2, 0.25) is 5.91 Å². The first-order chi connectivity index (χ1) is 13.3. The van der Waals surface area contributed by atoms with Crippen molar-refractivity contribution in [1.29, 1.82) is 0 Å². The molecule has 1 saturated heterocycles. The fourth-order valence-corrected chi connectivity index (χ4v) is 3.32. The summed E-state index contributed by atoms with van der Waals surface area (Å²) in [6.45, 7) is -0.459.